The van der Waals surface area contributed by atoms with Gasteiger partial charge in [0, 0.05) is 36.1 Å². The zero-order chi connectivity index (χ0) is 14.8. The van der Waals surface area contributed by atoms with E-state index < -0.39 is 5.41 Å². The van der Waals surface area contributed by atoms with Gasteiger partial charge in [0.25, 0.3) is 0 Å². The van der Waals surface area contributed by atoms with E-state index >= 15 is 0 Å². The standard InChI is InChI=1S/C16H23ClN2O.ClH/c1-12-11-19(8-7-18-12)15(20)16(2,3)10-13-5-4-6-14(17)9-13;/h4-6,9,12,18H,7-8,10-11H2,1-3H3;1H. The molecule has 3 nitrogen and oxygen atoms in total. The molecule has 1 aromatic carbocycles. The van der Waals surface area contributed by atoms with E-state index in [1.54, 1.807) is 0 Å². The topological polar surface area (TPSA) is 32.3 Å². The quantitative estimate of drug-likeness (QED) is 0.923. The molecule has 1 unspecified atom stereocenters. The molecule has 2 rings (SSSR count). The summed E-state index contributed by atoms with van der Waals surface area (Å²) in [6, 6.07) is 8.14. The summed E-state index contributed by atoms with van der Waals surface area (Å²) in [5.41, 5.74) is 0.709. The van der Waals surface area contributed by atoms with Crippen LogP contribution in [0.2, 0.25) is 5.02 Å². The fourth-order valence-electron chi connectivity index (χ4n) is 2.78. The van der Waals surface area contributed by atoms with Crippen molar-refractivity contribution in [1.82, 2.24) is 10.2 Å². The predicted molar refractivity (Wildman–Crippen MR) is 90.2 cm³/mol. The fourth-order valence-corrected chi connectivity index (χ4v) is 2.99. The zero-order valence-electron chi connectivity index (χ0n) is 12.9. The third kappa shape index (κ3) is 4.87. The molecule has 0 bridgehead atoms. The third-order valence-electron chi connectivity index (χ3n) is 3.77. The molecular formula is C16H24Cl2N2O. The number of nitrogens with zero attached hydrogens (tertiary/aromatic N) is 1. The zero-order valence-corrected chi connectivity index (χ0v) is 14.4. The lowest BCUT2D eigenvalue weighted by atomic mass is 9.84. The fraction of sp³-hybridized carbons (Fsp3) is 0.562. The number of rotatable bonds is 3. The second-order valence-electron chi connectivity index (χ2n) is 6.30. The van der Waals surface area contributed by atoms with Gasteiger partial charge in [0.15, 0.2) is 0 Å². The lowest BCUT2D eigenvalue weighted by molar-refractivity contribution is -0.141. The van der Waals surface area contributed by atoms with Crippen LogP contribution in [0.1, 0.15) is 26.3 Å². The molecular weight excluding hydrogens is 307 g/mol. The van der Waals surface area contributed by atoms with Gasteiger partial charge < -0.3 is 10.2 Å². The van der Waals surface area contributed by atoms with Gasteiger partial charge in [-0.05, 0) is 31.0 Å². The number of hydrogen-bond donors (Lipinski definition) is 1. The molecule has 0 spiro atoms. The molecule has 0 aromatic heterocycles. The largest absolute Gasteiger partial charge is 0.339 e. The Kier molecular flexibility index (Phi) is 6.51. The minimum Gasteiger partial charge on any atom is -0.339 e. The molecule has 0 aliphatic carbocycles. The van der Waals surface area contributed by atoms with Crippen LogP contribution in [0.3, 0.4) is 0 Å². The minimum atomic E-state index is -0.401. The van der Waals surface area contributed by atoms with Gasteiger partial charge in [0.05, 0.1) is 0 Å². The first kappa shape index (κ1) is 18.3. The molecule has 0 saturated carbocycles. The highest BCUT2D eigenvalue weighted by atomic mass is 35.5. The van der Waals surface area contributed by atoms with Gasteiger partial charge in [-0.15, -0.1) is 12.4 Å². The molecule has 1 aliphatic heterocycles. The minimum absolute atomic E-state index is 0. The molecule has 1 aromatic rings. The Labute approximate surface area is 138 Å². The number of carbonyl (C=O) groups excluding carboxylic acids is 1. The van der Waals surface area contributed by atoms with Gasteiger partial charge in [-0.3, -0.25) is 4.79 Å². The van der Waals surface area contributed by atoms with E-state index in [1.165, 1.54) is 0 Å². The first-order valence-corrected chi connectivity index (χ1v) is 7.53. The summed E-state index contributed by atoms with van der Waals surface area (Å²) < 4.78 is 0. The summed E-state index contributed by atoms with van der Waals surface area (Å²) >= 11 is 6.02. The number of amides is 1. The van der Waals surface area contributed by atoms with Crippen LogP contribution in [0.15, 0.2) is 24.3 Å². The molecule has 1 N–H and O–H groups in total. The van der Waals surface area contributed by atoms with Gasteiger partial charge in [0.1, 0.15) is 0 Å². The summed E-state index contributed by atoms with van der Waals surface area (Å²) in [5, 5.41) is 4.09. The average Bonchev–Trinajstić information content (AvgIpc) is 2.37. The highest BCUT2D eigenvalue weighted by Gasteiger charge is 2.33. The van der Waals surface area contributed by atoms with Gasteiger partial charge in [-0.1, -0.05) is 37.6 Å². The molecule has 1 atom stereocenters. The summed E-state index contributed by atoms with van der Waals surface area (Å²) in [5.74, 6) is 0.228. The molecule has 1 heterocycles. The second-order valence-corrected chi connectivity index (χ2v) is 6.73. The maximum atomic E-state index is 12.7. The third-order valence-corrected chi connectivity index (χ3v) is 4.01. The Bertz CT molecular complexity index is 491. The van der Waals surface area contributed by atoms with E-state index in [9.17, 15) is 4.79 Å². The van der Waals surface area contributed by atoms with E-state index in [4.69, 9.17) is 11.6 Å². The lowest BCUT2D eigenvalue weighted by Gasteiger charge is -2.37. The maximum absolute atomic E-state index is 12.7. The monoisotopic (exact) mass is 330 g/mol. The van der Waals surface area contributed by atoms with Crippen molar-refractivity contribution in [2.24, 2.45) is 5.41 Å². The second kappa shape index (κ2) is 7.48. The molecule has 1 aliphatic rings. The van der Waals surface area contributed by atoms with Crippen molar-refractivity contribution in [3.05, 3.63) is 34.9 Å². The van der Waals surface area contributed by atoms with Crippen LogP contribution in [0.25, 0.3) is 0 Å². The first-order valence-electron chi connectivity index (χ1n) is 7.16. The van der Waals surface area contributed by atoms with Crippen LogP contribution >= 0.6 is 24.0 Å². The molecule has 0 radical (unpaired) electrons. The predicted octanol–water partition coefficient (Wildman–Crippen LogP) is 3.15. The van der Waals surface area contributed by atoms with E-state index in [-0.39, 0.29) is 18.3 Å². The van der Waals surface area contributed by atoms with Crippen molar-refractivity contribution in [1.29, 1.82) is 0 Å². The van der Waals surface area contributed by atoms with Crippen molar-refractivity contribution >= 4 is 29.9 Å². The summed E-state index contributed by atoms with van der Waals surface area (Å²) in [4.78, 5) is 14.7. The van der Waals surface area contributed by atoms with E-state index in [2.05, 4.69) is 12.2 Å². The summed E-state index contributed by atoms with van der Waals surface area (Å²) in [6.45, 7) is 8.61. The smallest absolute Gasteiger partial charge is 0.228 e. The van der Waals surface area contributed by atoms with Crippen molar-refractivity contribution in [2.75, 3.05) is 19.6 Å². The Morgan fingerprint density at radius 1 is 1.48 bits per heavy atom. The first-order chi connectivity index (χ1) is 9.38. The number of piperazine rings is 1. The number of hydrogen-bond acceptors (Lipinski definition) is 2. The van der Waals surface area contributed by atoms with Gasteiger partial charge in [-0.2, -0.15) is 0 Å². The Morgan fingerprint density at radius 3 is 2.81 bits per heavy atom. The van der Waals surface area contributed by atoms with E-state index in [0.29, 0.717) is 12.5 Å². The molecule has 1 saturated heterocycles. The van der Waals surface area contributed by atoms with Crippen LogP contribution in [0.4, 0.5) is 0 Å². The van der Waals surface area contributed by atoms with E-state index in [0.717, 1.165) is 30.2 Å². The van der Waals surface area contributed by atoms with Crippen molar-refractivity contribution in [3.63, 3.8) is 0 Å². The summed E-state index contributed by atoms with van der Waals surface area (Å²) in [6.07, 6.45) is 0.713. The van der Waals surface area contributed by atoms with Gasteiger partial charge in [-0.25, -0.2) is 0 Å². The van der Waals surface area contributed by atoms with Gasteiger partial charge in [0.2, 0.25) is 5.91 Å². The molecule has 1 amide bonds. The Hall–Kier alpha value is -0.770. The van der Waals surface area contributed by atoms with Crippen LogP contribution in [-0.2, 0) is 11.2 Å². The van der Waals surface area contributed by atoms with Crippen molar-refractivity contribution in [2.45, 2.75) is 33.2 Å². The van der Waals surface area contributed by atoms with E-state index in [1.807, 2.05) is 43.0 Å². The summed E-state index contributed by atoms with van der Waals surface area (Å²) in [7, 11) is 0. The molecule has 1 fully saturated rings. The lowest BCUT2D eigenvalue weighted by Crippen LogP contribution is -2.54. The highest BCUT2D eigenvalue weighted by molar-refractivity contribution is 6.30. The van der Waals surface area contributed by atoms with Crippen LogP contribution in [-0.4, -0.2) is 36.5 Å². The molecule has 21 heavy (non-hydrogen) atoms. The Balaban J connectivity index is 0.00000220. The highest BCUT2D eigenvalue weighted by Crippen LogP contribution is 2.26. The average molecular weight is 331 g/mol. The molecule has 5 heteroatoms. The SMILES string of the molecule is CC1CN(C(=O)C(C)(C)Cc2cccc(Cl)c2)CCN1.Cl. The maximum Gasteiger partial charge on any atom is 0.228 e. The van der Waals surface area contributed by atoms with Crippen LogP contribution in [0, 0.1) is 5.41 Å². The number of nitrogens with one attached hydrogen (secondary N) is 1. The van der Waals surface area contributed by atoms with Crippen LogP contribution < -0.4 is 5.32 Å². The Morgan fingerprint density at radius 2 is 2.19 bits per heavy atom. The number of halogens is 2. The van der Waals surface area contributed by atoms with Gasteiger partial charge >= 0.3 is 0 Å². The van der Waals surface area contributed by atoms with Crippen LogP contribution in [0.5, 0.6) is 0 Å². The normalized spacial score (nSPS) is 19.0. The van der Waals surface area contributed by atoms with Crippen molar-refractivity contribution < 1.29 is 4.79 Å². The molecule has 118 valence electrons. The number of carbonyl (C=O) groups is 1. The van der Waals surface area contributed by atoms with Crippen molar-refractivity contribution in [3.8, 4) is 0 Å². The number of benzene rings is 1.